The van der Waals surface area contributed by atoms with Gasteiger partial charge in [0.05, 0.1) is 12.7 Å². The van der Waals surface area contributed by atoms with Crippen molar-refractivity contribution in [1.82, 2.24) is 0 Å². The molecule has 0 aromatic rings. The Labute approximate surface area is 126 Å². The monoisotopic (exact) mass is 302 g/mol. The fourth-order valence-corrected chi connectivity index (χ4v) is 0.870. The topological polar surface area (TPSA) is 82.1 Å². The molecule has 0 aromatic heterocycles. The maximum Gasteiger partial charge on any atom is 0.330 e. The average molecular weight is 302 g/mol. The standard InChI is InChI=1S/C9H16O3.C6H10O3/c1-3-5-6-11-7-8-12-9(10)4-2;1-3-6(8)9-4-5(2)7/h4H,2-3,5-8H2,1H3;3,5,7H,1,4H2,2H3. The molecule has 0 spiro atoms. The van der Waals surface area contributed by atoms with Crippen LogP contribution in [-0.4, -0.2) is 49.6 Å². The van der Waals surface area contributed by atoms with Gasteiger partial charge in [0.1, 0.15) is 13.2 Å². The molecule has 0 aliphatic carbocycles. The lowest BCUT2D eigenvalue weighted by molar-refractivity contribution is -0.140. The van der Waals surface area contributed by atoms with E-state index in [2.05, 4.69) is 29.6 Å². The molecule has 122 valence electrons. The first kappa shape index (κ1) is 21.6. The van der Waals surface area contributed by atoms with E-state index >= 15 is 0 Å². The first-order valence-electron chi connectivity index (χ1n) is 6.82. The van der Waals surface area contributed by atoms with E-state index in [1.54, 1.807) is 0 Å². The summed E-state index contributed by atoms with van der Waals surface area (Å²) in [6, 6.07) is 0. The summed E-state index contributed by atoms with van der Waals surface area (Å²) in [6.45, 7) is 11.6. The number of ether oxygens (including phenoxy) is 3. The molecule has 0 aliphatic heterocycles. The van der Waals surface area contributed by atoms with E-state index < -0.39 is 18.0 Å². The maximum absolute atomic E-state index is 10.5. The smallest absolute Gasteiger partial charge is 0.330 e. The number of hydrogen-bond acceptors (Lipinski definition) is 6. The summed E-state index contributed by atoms with van der Waals surface area (Å²) in [4.78, 5) is 20.8. The van der Waals surface area contributed by atoms with Crippen molar-refractivity contribution >= 4 is 11.9 Å². The van der Waals surface area contributed by atoms with Crippen molar-refractivity contribution < 1.29 is 28.9 Å². The fourth-order valence-electron chi connectivity index (χ4n) is 0.870. The van der Waals surface area contributed by atoms with Gasteiger partial charge in [0.15, 0.2) is 0 Å². The molecule has 0 heterocycles. The number of hydrogen-bond donors (Lipinski definition) is 1. The molecule has 0 fully saturated rings. The highest BCUT2D eigenvalue weighted by atomic mass is 16.6. The van der Waals surface area contributed by atoms with E-state index in [1.165, 1.54) is 6.92 Å². The third-order valence-electron chi connectivity index (χ3n) is 1.91. The Morgan fingerprint density at radius 1 is 1.10 bits per heavy atom. The lowest BCUT2D eigenvalue weighted by atomic mass is 10.4. The number of unbranched alkanes of at least 4 members (excludes halogenated alkanes) is 1. The van der Waals surface area contributed by atoms with Crippen LogP contribution in [0, 0.1) is 0 Å². The van der Waals surface area contributed by atoms with E-state index in [1.807, 2.05) is 0 Å². The SMILES string of the molecule is C=CC(=O)OCC(C)O.C=CC(=O)OCCOCCCC. The van der Waals surface area contributed by atoms with Gasteiger partial charge in [0, 0.05) is 18.8 Å². The van der Waals surface area contributed by atoms with Gasteiger partial charge in [-0.2, -0.15) is 0 Å². The third kappa shape index (κ3) is 20.8. The van der Waals surface area contributed by atoms with Crippen molar-refractivity contribution in [3.63, 3.8) is 0 Å². The Hall–Kier alpha value is -1.66. The second-order valence-electron chi connectivity index (χ2n) is 4.02. The molecule has 6 nitrogen and oxygen atoms in total. The molecule has 1 N–H and O–H groups in total. The molecule has 6 heteroatoms. The van der Waals surface area contributed by atoms with E-state index in [-0.39, 0.29) is 6.61 Å². The highest BCUT2D eigenvalue weighted by Crippen LogP contribution is 1.88. The normalized spacial score (nSPS) is 10.6. The van der Waals surface area contributed by atoms with Crippen LogP contribution in [-0.2, 0) is 23.8 Å². The Bertz CT molecular complexity index is 299. The largest absolute Gasteiger partial charge is 0.460 e. The zero-order valence-electron chi connectivity index (χ0n) is 12.9. The Morgan fingerprint density at radius 3 is 2.14 bits per heavy atom. The molecule has 0 saturated carbocycles. The Kier molecular flexibility index (Phi) is 16.9. The third-order valence-corrected chi connectivity index (χ3v) is 1.91. The van der Waals surface area contributed by atoms with E-state index in [4.69, 9.17) is 9.84 Å². The molecule has 0 aromatic carbocycles. The average Bonchev–Trinajstić information content (AvgIpc) is 2.48. The molecule has 1 atom stereocenters. The van der Waals surface area contributed by atoms with E-state index in [0.717, 1.165) is 31.6 Å². The predicted octanol–water partition coefficient (Wildman–Crippen LogP) is 1.63. The van der Waals surface area contributed by atoms with Crippen molar-refractivity contribution in [3.8, 4) is 0 Å². The molecule has 21 heavy (non-hydrogen) atoms. The minimum absolute atomic E-state index is 0.0326. The lowest BCUT2D eigenvalue weighted by Gasteiger charge is -2.02. The van der Waals surface area contributed by atoms with Crippen LogP contribution in [0.2, 0.25) is 0 Å². The van der Waals surface area contributed by atoms with Gasteiger partial charge in [0.25, 0.3) is 0 Å². The summed E-state index contributed by atoms with van der Waals surface area (Å²) in [5.74, 6) is -0.898. The lowest BCUT2D eigenvalue weighted by Crippen LogP contribution is -2.13. The van der Waals surface area contributed by atoms with Crippen LogP contribution < -0.4 is 0 Å². The summed E-state index contributed by atoms with van der Waals surface area (Å²) in [6.07, 6.45) is 3.77. The van der Waals surface area contributed by atoms with Crippen LogP contribution in [0.25, 0.3) is 0 Å². The number of aliphatic hydroxyl groups is 1. The first-order chi connectivity index (χ1) is 9.97. The molecular weight excluding hydrogens is 276 g/mol. The highest BCUT2D eigenvalue weighted by molar-refractivity contribution is 5.81. The zero-order chi connectivity index (χ0) is 16.5. The second kappa shape index (κ2) is 16.4. The molecule has 0 amide bonds. The first-order valence-corrected chi connectivity index (χ1v) is 6.82. The highest BCUT2D eigenvalue weighted by Gasteiger charge is 1.98. The molecule has 0 rings (SSSR count). The predicted molar refractivity (Wildman–Crippen MR) is 79.7 cm³/mol. The maximum atomic E-state index is 10.5. The van der Waals surface area contributed by atoms with Crippen molar-refractivity contribution in [3.05, 3.63) is 25.3 Å². The van der Waals surface area contributed by atoms with Crippen LogP contribution in [0.1, 0.15) is 26.7 Å². The molecule has 0 saturated heterocycles. The Balaban J connectivity index is 0. The van der Waals surface area contributed by atoms with Gasteiger partial charge in [-0.3, -0.25) is 0 Å². The van der Waals surface area contributed by atoms with Gasteiger partial charge in [0.2, 0.25) is 0 Å². The summed E-state index contributed by atoms with van der Waals surface area (Å²) in [5, 5.41) is 8.59. The zero-order valence-corrected chi connectivity index (χ0v) is 12.9. The molecule has 0 aliphatic rings. The second-order valence-corrected chi connectivity index (χ2v) is 4.02. The van der Waals surface area contributed by atoms with Crippen molar-refractivity contribution in [1.29, 1.82) is 0 Å². The molecule has 1 unspecified atom stereocenters. The van der Waals surface area contributed by atoms with Gasteiger partial charge in [-0.15, -0.1) is 0 Å². The number of aliphatic hydroxyl groups excluding tert-OH is 1. The van der Waals surface area contributed by atoms with Crippen LogP contribution in [0.4, 0.5) is 0 Å². The van der Waals surface area contributed by atoms with Crippen LogP contribution in [0.3, 0.4) is 0 Å². The summed E-state index contributed by atoms with van der Waals surface area (Å²) in [7, 11) is 0. The van der Waals surface area contributed by atoms with Crippen molar-refractivity contribution in [2.45, 2.75) is 32.8 Å². The van der Waals surface area contributed by atoms with Crippen LogP contribution in [0.5, 0.6) is 0 Å². The molecule has 0 radical (unpaired) electrons. The van der Waals surface area contributed by atoms with Gasteiger partial charge < -0.3 is 19.3 Å². The quantitative estimate of drug-likeness (QED) is 0.375. The minimum atomic E-state index is -0.603. The molecule has 0 bridgehead atoms. The minimum Gasteiger partial charge on any atom is -0.460 e. The van der Waals surface area contributed by atoms with Gasteiger partial charge in [-0.1, -0.05) is 26.5 Å². The fraction of sp³-hybridized carbons (Fsp3) is 0.600. The molecular formula is C15H26O6. The number of rotatable bonds is 10. The van der Waals surface area contributed by atoms with Crippen LogP contribution >= 0.6 is 0 Å². The number of carbonyl (C=O) groups excluding carboxylic acids is 2. The summed E-state index contributed by atoms with van der Waals surface area (Å²) >= 11 is 0. The number of esters is 2. The van der Waals surface area contributed by atoms with E-state index in [0.29, 0.717) is 13.2 Å². The van der Waals surface area contributed by atoms with E-state index in [9.17, 15) is 9.59 Å². The van der Waals surface area contributed by atoms with Gasteiger partial charge >= 0.3 is 11.9 Å². The summed E-state index contributed by atoms with van der Waals surface area (Å²) < 4.78 is 14.3. The summed E-state index contributed by atoms with van der Waals surface area (Å²) in [5.41, 5.74) is 0. The van der Waals surface area contributed by atoms with Crippen molar-refractivity contribution in [2.75, 3.05) is 26.4 Å². The number of carbonyl (C=O) groups is 2. The Morgan fingerprint density at radius 2 is 1.67 bits per heavy atom. The van der Waals surface area contributed by atoms with Gasteiger partial charge in [-0.05, 0) is 13.3 Å². The van der Waals surface area contributed by atoms with Crippen molar-refractivity contribution in [2.24, 2.45) is 0 Å². The van der Waals surface area contributed by atoms with Gasteiger partial charge in [-0.25, -0.2) is 9.59 Å². The van der Waals surface area contributed by atoms with Crippen LogP contribution in [0.15, 0.2) is 25.3 Å².